The summed E-state index contributed by atoms with van der Waals surface area (Å²) in [5, 5.41) is -0.390. The van der Waals surface area contributed by atoms with E-state index in [1.54, 1.807) is 12.1 Å². The Bertz CT molecular complexity index is 2710. The van der Waals surface area contributed by atoms with Gasteiger partial charge in [-0.2, -0.15) is 0 Å². The third-order valence-corrected chi connectivity index (χ3v) is 28.0. The molecule has 0 aromatic heterocycles. The first-order valence-electron chi connectivity index (χ1n) is 31.9. The van der Waals surface area contributed by atoms with Gasteiger partial charge in [-0.1, -0.05) is 265 Å². The second kappa shape index (κ2) is 34.8. The van der Waals surface area contributed by atoms with Crippen molar-refractivity contribution in [1.82, 2.24) is 4.72 Å². The van der Waals surface area contributed by atoms with Crippen molar-refractivity contribution < 1.29 is 45.7 Å². The van der Waals surface area contributed by atoms with Crippen molar-refractivity contribution in [1.29, 1.82) is 0 Å². The minimum atomic E-state index is -4.20. The second-order valence-corrected chi connectivity index (χ2v) is 37.9. The van der Waals surface area contributed by atoms with Crippen molar-refractivity contribution in [2.24, 2.45) is 0 Å². The van der Waals surface area contributed by atoms with Crippen molar-refractivity contribution in [3.8, 4) is 0 Å². The van der Waals surface area contributed by atoms with E-state index in [-0.39, 0.29) is 48.0 Å². The third kappa shape index (κ3) is 23.2. The molecule has 1 N–H and O–H groups in total. The van der Waals surface area contributed by atoms with E-state index in [2.05, 4.69) is 79.4 Å². The van der Waals surface area contributed by atoms with E-state index < -0.39 is 75.6 Å². The zero-order valence-electron chi connectivity index (χ0n) is 53.9. The van der Waals surface area contributed by atoms with Gasteiger partial charge in [0.25, 0.3) is 0 Å². The summed E-state index contributed by atoms with van der Waals surface area (Å²) in [5.41, 5.74) is 4.89. The molecule has 1 aliphatic heterocycles. The van der Waals surface area contributed by atoms with E-state index in [0.717, 1.165) is 47.1 Å². The monoisotopic (exact) mass is 1220 g/mol. The summed E-state index contributed by atoms with van der Waals surface area (Å²) in [5.74, 6) is 0. The van der Waals surface area contributed by atoms with Gasteiger partial charge in [-0.25, -0.2) is 13.1 Å². The molecule has 8 atom stereocenters. The van der Waals surface area contributed by atoms with Crippen LogP contribution in [-0.4, -0.2) is 87.2 Å². The zero-order chi connectivity index (χ0) is 61.4. The molecule has 1 fully saturated rings. The summed E-state index contributed by atoms with van der Waals surface area (Å²) < 4.78 is 91.3. The van der Waals surface area contributed by atoms with Crippen molar-refractivity contribution in [2.75, 3.05) is 13.2 Å². The molecule has 0 spiro atoms. The van der Waals surface area contributed by atoms with Crippen LogP contribution >= 0.6 is 0 Å². The average Bonchev–Trinajstić information content (AvgIpc) is 2.91. The summed E-state index contributed by atoms with van der Waals surface area (Å²) >= 11 is 0. The first-order chi connectivity index (χ1) is 40.6. The first kappa shape index (κ1) is 70.2. The zero-order valence-corrected chi connectivity index (χ0v) is 56.7. The molecule has 14 heteroatoms. The van der Waals surface area contributed by atoms with Gasteiger partial charge >= 0.3 is 0 Å². The maximum Gasteiger partial charge on any atom is 0.240 e. The van der Waals surface area contributed by atoms with Gasteiger partial charge in [0.1, 0.15) is 24.4 Å². The maximum atomic E-state index is 15.2. The number of hydrogen-bond acceptors (Lipinski definition) is 10. The Balaban J connectivity index is 1.43. The Morgan fingerprint density at radius 1 is 0.506 bits per heavy atom. The van der Waals surface area contributed by atoms with Crippen molar-refractivity contribution >= 4 is 26.7 Å². The highest BCUT2D eigenvalue weighted by atomic mass is 32.2. The van der Waals surface area contributed by atoms with E-state index in [1.165, 1.54) is 57.8 Å². The number of aryl methyl sites for hydroxylation is 1. The van der Waals surface area contributed by atoms with Gasteiger partial charge in [0.05, 0.1) is 62.8 Å². The molecule has 0 saturated carbocycles. The number of ether oxygens (including phenoxy) is 6. The lowest BCUT2D eigenvalue weighted by Crippen LogP contribution is -2.63. The first-order valence-corrected chi connectivity index (χ1v) is 39.2. The summed E-state index contributed by atoms with van der Waals surface area (Å²) in [6, 6.07) is 46.3. The normalized spacial score (nSPS) is 19.2. The molecule has 1 heterocycles. The predicted octanol–water partition coefficient (Wildman–Crippen LogP) is 17.2. The molecule has 0 aliphatic carbocycles. The van der Waals surface area contributed by atoms with Crippen molar-refractivity contribution in [3.05, 3.63) is 173 Å². The average molecular weight is 1220 g/mol. The molecule has 5 aromatic rings. The molecule has 5 aromatic carbocycles. The quantitative estimate of drug-likeness (QED) is 0.0302. The van der Waals surface area contributed by atoms with Crippen LogP contribution in [0, 0.1) is 6.92 Å². The number of benzene rings is 5. The van der Waals surface area contributed by atoms with Gasteiger partial charge < -0.3 is 37.3 Å². The molecular formula is C71H107NO10SSi2. The highest BCUT2D eigenvalue weighted by molar-refractivity contribution is 7.89. The van der Waals surface area contributed by atoms with Crippen LogP contribution in [0.25, 0.3) is 0 Å². The molecule has 470 valence electrons. The number of hydrogen-bond donors (Lipinski definition) is 1. The van der Waals surface area contributed by atoms with Crippen LogP contribution in [0.15, 0.2) is 150 Å². The lowest BCUT2D eigenvalue weighted by atomic mass is 9.97. The summed E-state index contributed by atoms with van der Waals surface area (Å²) in [6.45, 7) is 27.8. The molecule has 1 saturated heterocycles. The highest BCUT2D eigenvalue weighted by Gasteiger charge is 2.51. The Kier molecular flexibility index (Phi) is 28.7. The molecule has 0 bridgehead atoms. The van der Waals surface area contributed by atoms with Gasteiger partial charge in [-0.15, -0.1) is 0 Å². The van der Waals surface area contributed by atoms with Crippen LogP contribution in [0.2, 0.25) is 36.3 Å². The Labute approximate surface area is 516 Å². The summed E-state index contributed by atoms with van der Waals surface area (Å²) in [4.78, 5) is 0.151. The van der Waals surface area contributed by atoms with Crippen LogP contribution in [0.5, 0.6) is 0 Å². The fourth-order valence-electron chi connectivity index (χ4n) is 10.2. The Morgan fingerprint density at radius 2 is 0.918 bits per heavy atom. The second-order valence-electron chi connectivity index (χ2n) is 26.6. The molecular weight excluding hydrogens is 1120 g/mol. The van der Waals surface area contributed by atoms with Crippen molar-refractivity contribution in [2.45, 2.75) is 255 Å². The number of unbranched alkanes of at least 4 members (excludes halogenated alkanes) is 11. The van der Waals surface area contributed by atoms with E-state index in [0.29, 0.717) is 13.0 Å². The van der Waals surface area contributed by atoms with E-state index in [4.69, 9.17) is 37.3 Å². The third-order valence-electron chi connectivity index (χ3n) is 17.5. The standard InChI is InChI=1S/C71H107NO10SSi2/c1-13-14-15-16-17-18-19-20-21-22-23-36-45-63(81-84(9,10)70(3,4)5)65(82-85(11,12)71(6,7)8)62(72-83(73,74)61-48-46-56(2)47-49-61)54-79-69-68(78-53-60-43-34-27-35-44-60)67(77-52-59-41-32-26-33-42-59)66(76-51-58-39-30-25-31-40-58)64(80-69)55-75-50-57-37-28-24-29-38-57/h24-35,37-44,46-49,62-69,72H,13-23,36,45,50-55H2,1-12H3/t62-,63+,64?,65+,66-,67-,68?,69+/m0/s1. The Morgan fingerprint density at radius 3 is 1.38 bits per heavy atom. The fraction of sp³-hybridized carbons (Fsp3) is 0.577. The van der Waals surface area contributed by atoms with Crippen LogP contribution in [-0.2, 0) is 73.7 Å². The van der Waals surface area contributed by atoms with E-state index in [1.807, 2.05) is 140 Å². The smallest absolute Gasteiger partial charge is 0.240 e. The van der Waals surface area contributed by atoms with Gasteiger partial charge in [0.2, 0.25) is 10.0 Å². The topological polar surface area (TPSA) is 120 Å². The molecule has 0 amide bonds. The Hall–Kier alpha value is -3.88. The summed E-state index contributed by atoms with van der Waals surface area (Å²) in [7, 11) is -9.45. The molecule has 0 radical (unpaired) electrons. The van der Waals surface area contributed by atoms with Crippen LogP contribution in [0.1, 0.15) is 160 Å². The highest BCUT2D eigenvalue weighted by Crippen LogP contribution is 2.42. The number of nitrogens with one attached hydrogen (secondary N) is 1. The van der Waals surface area contributed by atoms with Gasteiger partial charge in [-0.05, 0) is 84.0 Å². The van der Waals surface area contributed by atoms with E-state index >= 15 is 8.42 Å². The molecule has 2 unspecified atom stereocenters. The minimum Gasteiger partial charge on any atom is -0.411 e. The van der Waals surface area contributed by atoms with Crippen LogP contribution in [0.3, 0.4) is 0 Å². The van der Waals surface area contributed by atoms with Gasteiger partial charge in [0, 0.05) is 0 Å². The number of rotatable bonds is 38. The minimum absolute atomic E-state index is 0.132. The van der Waals surface area contributed by atoms with Gasteiger partial charge in [0.15, 0.2) is 22.9 Å². The van der Waals surface area contributed by atoms with Crippen LogP contribution in [0.4, 0.5) is 0 Å². The lowest BCUT2D eigenvalue weighted by molar-refractivity contribution is -0.329. The molecule has 1 aliphatic rings. The van der Waals surface area contributed by atoms with Crippen molar-refractivity contribution in [3.63, 3.8) is 0 Å². The molecule has 6 rings (SSSR count). The predicted molar refractivity (Wildman–Crippen MR) is 351 cm³/mol. The summed E-state index contributed by atoms with van der Waals surface area (Å²) in [6.07, 6.45) is 9.95. The number of sulfonamides is 1. The largest absolute Gasteiger partial charge is 0.411 e. The van der Waals surface area contributed by atoms with E-state index in [9.17, 15) is 0 Å². The fourth-order valence-corrected chi connectivity index (χ4v) is 14.2. The van der Waals surface area contributed by atoms with Crippen LogP contribution < -0.4 is 4.72 Å². The maximum absolute atomic E-state index is 15.2. The molecule has 11 nitrogen and oxygen atoms in total. The molecule has 85 heavy (non-hydrogen) atoms. The van der Waals surface area contributed by atoms with Gasteiger partial charge in [-0.3, -0.25) is 0 Å². The lowest BCUT2D eigenvalue weighted by Gasteiger charge is -2.48. The SMILES string of the molecule is CCCCCCCCCCCCCC[C@@H](O[Si](C)(C)C(C)(C)C)[C@H](O[Si](C)(C)C(C)(C)C)[C@H](CO[C@@H]1OC(COCc2ccccc2)[C@H](OCc2ccccc2)[C@H](OCc2ccccc2)C1OCc1ccccc1)NS(=O)(=O)c1ccc(C)cc1.